The predicted octanol–water partition coefficient (Wildman–Crippen LogP) is 13.7. The van der Waals surface area contributed by atoms with Crippen LogP contribution in [0.3, 0.4) is 0 Å². The lowest BCUT2D eigenvalue weighted by Crippen LogP contribution is -2.18. The number of benzene rings is 7. The summed E-state index contributed by atoms with van der Waals surface area (Å²) in [5.41, 5.74) is 12.0. The van der Waals surface area contributed by atoms with E-state index in [0.717, 1.165) is 60.7 Å². The molecular weight excluding hydrogens is 707 g/mol. The number of nitrogens with zero attached hydrogens (tertiary/aromatic N) is 5. The molecule has 0 unspecified atom stereocenters. The molecule has 0 fully saturated rings. The predicted molar refractivity (Wildman–Crippen MR) is 242 cm³/mol. The summed E-state index contributed by atoms with van der Waals surface area (Å²) in [5.74, 6) is 1.75. The molecule has 0 amide bonds. The number of hydrogen-bond acceptors (Lipinski definition) is 3. The minimum absolute atomic E-state index is 0.0400. The molecule has 58 heavy (non-hydrogen) atoms. The normalized spacial score (nSPS) is 12.3. The van der Waals surface area contributed by atoms with E-state index in [4.69, 9.17) is 15.0 Å². The molecule has 10 aromatic rings. The van der Waals surface area contributed by atoms with Crippen molar-refractivity contribution >= 4 is 43.6 Å². The smallest absolute Gasteiger partial charge is 0.240 e. The van der Waals surface area contributed by atoms with Gasteiger partial charge >= 0.3 is 0 Å². The van der Waals surface area contributed by atoms with Crippen LogP contribution in [0.5, 0.6) is 0 Å². The monoisotopic (exact) mass is 751 g/mol. The summed E-state index contributed by atoms with van der Waals surface area (Å²) in [5, 5.41) is 4.68. The van der Waals surface area contributed by atoms with Crippen molar-refractivity contribution in [1.82, 2.24) is 24.1 Å². The maximum absolute atomic E-state index is 5.51. The van der Waals surface area contributed by atoms with Crippen LogP contribution in [-0.4, -0.2) is 24.1 Å². The number of rotatable bonds is 5. The van der Waals surface area contributed by atoms with Gasteiger partial charge in [-0.15, -0.1) is 0 Å². The molecule has 3 heterocycles. The second-order valence-corrected chi connectivity index (χ2v) is 17.4. The van der Waals surface area contributed by atoms with E-state index in [2.05, 4.69) is 214 Å². The van der Waals surface area contributed by atoms with E-state index in [1.807, 2.05) is 0 Å². The van der Waals surface area contributed by atoms with Crippen molar-refractivity contribution in [2.75, 3.05) is 0 Å². The molecule has 0 saturated heterocycles. The molecule has 7 aromatic carbocycles. The molecule has 0 spiro atoms. The van der Waals surface area contributed by atoms with Crippen LogP contribution in [0.15, 0.2) is 164 Å². The zero-order chi connectivity index (χ0) is 39.8. The molecule has 5 heteroatoms. The first kappa shape index (κ1) is 35.6. The Bertz CT molecular complexity index is 3060. The van der Waals surface area contributed by atoms with Crippen molar-refractivity contribution in [2.45, 2.75) is 52.4 Å². The standard InChI is InChI=1S/C53H45N5/c1-52(2,3)39-32-43-42-25-15-18-28-47(42)58(48(43)44(33-39)53(4,5)6)51-55-49(54-50(56-51)57-45-26-16-13-23-40(45)41-24-14-17-27-46(41)57)38-30-36(34-19-9-7-10-20-34)29-37(31-38)35-21-11-8-12-22-35/h7-33H,1-6H3. The molecule has 0 N–H and O–H groups in total. The van der Waals surface area contributed by atoms with Crippen molar-refractivity contribution in [2.24, 2.45) is 0 Å². The zero-order valence-corrected chi connectivity index (χ0v) is 33.8. The fraction of sp³-hybridized carbons (Fsp3) is 0.151. The van der Waals surface area contributed by atoms with Gasteiger partial charge in [-0.2, -0.15) is 15.0 Å². The molecule has 0 aliphatic heterocycles. The molecular formula is C53H45N5. The molecule has 0 saturated carbocycles. The summed E-state index contributed by atoms with van der Waals surface area (Å²) in [7, 11) is 0. The Hall–Kier alpha value is -6.85. The largest absolute Gasteiger partial charge is 0.278 e. The van der Waals surface area contributed by atoms with Crippen molar-refractivity contribution < 1.29 is 0 Å². The van der Waals surface area contributed by atoms with Crippen LogP contribution in [0.25, 0.3) is 89.2 Å². The fourth-order valence-electron chi connectivity index (χ4n) is 8.48. The third-order valence-corrected chi connectivity index (χ3v) is 11.4. The second-order valence-electron chi connectivity index (χ2n) is 17.4. The second kappa shape index (κ2) is 13.4. The lowest BCUT2D eigenvalue weighted by atomic mass is 9.79. The molecule has 10 rings (SSSR count). The SMILES string of the molecule is CC(C)(C)c1cc(C(C)(C)C)c2c(c1)c1ccccc1n2-c1nc(-c2cc(-c3ccccc3)cc(-c3ccccc3)c2)nc(-n2c3ccccc3c3ccccc32)n1. The van der Waals surface area contributed by atoms with Crippen molar-refractivity contribution in [1.29, 1.82) is 0 Å². The average molecular weight is 752 g/mol. The number of aromatic nitrogens is 5. The Labute approximate surface area is 339 Å². The summed E-state index contributed by atoms with van der Waals surface area (Å²) in [4.78, 5) is 16.4. The van der Waals surface area contributed by atoms with E-state index in [1.54, 1.807) is 0 Å². The average Bonchev–Trinajstić information content (AvgIpc) is 3.76. The molecule has 0 aliphatic carbocycles. The summed E-state index contributed by atoms with van der Waals surface area (Å²) in [6.07, 6.45) is 0. The van der Waals surface area contributed by atoms with Gasteiger partial charge in [-0.25, -0.2) is 0 Å². The maximum Gasteiger partial charge on any atom is 0.240 e. The first-order valence-electron chi connectivity index (χ1n) is 20.1. The Morgan fingerprint density at radius 3 is 1.29 bits per heavy atom. The highest BCUT2D eigenvalue weighted by Crippen LogP contribution is 2.42. The van der Waals surface area contributed by atoms with Crippen LogP contribution in [0.4, 0.5) is 0 Å². The first-order valence-corrected chi connectivity index (χ1v) is 20.1. The lowest BCUT2D eigenvalue weighted by Gasteiger charge is -2.26. The van der Waals surface area contributed by atoms with Crippen molar-refractivity contribution in [3.05, 3.63) is 175 Å². The minimum atomic E-state index is -0.175. The van der Waals surface area contributed by atoms with E-state index >= 15 is 0 Å². The van der Waals surface area contributed by atoms with Gasteiger partial charge in [0.05, 0.1) is 22.1 Å². The Kier molecular flexibility index (Phi) is 8.20. The maximum atomic E-state index is 5.51. The fourth-order valence-corrected chi connectivity index (χ4v) is 8.48. The number of hydrogen-bond donors (Lipinski definition) is 0. The van der Waals surface area contributed by atoms with E-state index in [0.29, 0.717) is 17.7 Å². The Morgan fingerprint density at radius 2 is 0.793 bits per heavy atom. The van der Waals surface area contributed by atoms with Crippen LogP contribution >= 0.6 is 0 Å². The first-order chi connectivity index (χ1) is 28.0. The van der Waals surface area contributed by atoms with Crippen LogP contribution in [0.1, 0.15) is 52.7 Å². The Balaban J connectivity index is 1.35. The Morgan fingerprint density at radius 1 is 0.362 bits per heavy atom. The van der Waals surface area contributed by atoms with Crippen LogP contribution in [0, 0.1) is 0 Å². The van der Waals surface area contributed by atoms with Gasteiger partial charge in [0.1, 0.15) is 0 Å². The highest BCUT2D eigenvalue weighted by Gasteiger charge is 2.28. The minimum Gasteiger partial charge on any atom is -0.278 e. The number of fused-ring (bicyclic) bond motifs is 6. The molecule has 5 nitrogen and oxygen atoms in total. The summed E-state index contributed by atoms with van der Waals surface area (Å²) in [6, 6.07) is 58.4. The van der Waals surface area contributed by atoms with Gasteiger partial charge in [-0.1, -0.05) is 163 Å². The zero-order valence-electron chi connectivity index (χ0n) is 33.8. The summed E-state index contributed by atoms with van der Waals surface area (Å²) < 4.78 is 4.49. The van der Waals surface area contributed by atoms with Gasteiger partial charge in [0, 0.05) is 27.1 Å². The molecule has 0 atom stereocenters. The molecule has 0 radical (unpaired) electrons. The summed E-state index contributed by atoms with van der Waals surface area (Å²) >= 11 is 0. The van der Waals surface area contributed by atoms with Gasteiger partial charge in [-0.05, 0) is 86.7 Å². The van der Waals surface area contributed by atoms with Crippen molar-refractivity contribution in [3.8, 4) is 45.5 Å². The van der Waals surface area contributed by atoms with E-state index in [-0.39, 0.29) is 10.8 Å². The number of para-hydroxylation sites is 3. The topological polar surface area (TPSA) is 48.5 Å². The third-order valence-electron chi connectivity index (χ3n) is 11.4. The highest BCUT2D eigenvalue weighted by molar-refractivity contribution is 6.11. The molecule has 282 valence electrons. The molecule has 0 aliphatic rings. The quantitative estimate of drug-likeness (QED) is 0.176. The van der Waals surface area contributed by atoms with E-state index < -0.39 is 0 Å². The highest BCUT2D eigenvalue weighted by atomic mass is 15.3. The van der Waals surface area contributed by atoms with Gasteiger partial charge < -0.3 is 0 Å². The van der Waals surface area contributed by atoms with Crippen molar-refractivity contribution in [3.63, 3.8) is 0 Å². The molecule has 3 aromatic heterocycles. The van der Waals surface area contributed by atoms with Gasteiger partial charge in [0.25, 0.3) is 0 Å². The van der Waals surface area contributed by atoms with E-state index in [1.165, 1.54) is 21.9 Å². The van der Waals surface area contributed by atoms with Crippen LogP contribution in [0.2, 0.25) is 0 Å². The van der Waals surface area contributed by atoms with Gasteiger partial charge in [-0.3, -0.25) is 9.13 Å². The van der Waals surface area contributed by atoms with Gasteiger partial charge in [0.2, 0.25) is 11.9 Å². The third kappa shape index (κ3) is 5.97. The van der Waals surface area contributed by atoms with Crippen LogP contribution in [-0.2, 0) is 10.8 Å². The van der Waals surface area contributed by atoms with Crippen LogP contribution < -0.4 is 0 Å². The lowest BCUT2D eigenvalue weighted by molar-refractivity contribution is 0.572. The van der Waals surface area contributed by atoms with E-state index in [9.17, 15) is 0 Å². The summed E-state index contributed by atoms with van der Waals surface area (Å²) in [6.45, 7) is 13.8. The molecule has 0 bridgehead atoms. The van der Waals surface area contributed by atoms with Gasteiger partial charge in [0.15, 0.2) is 5.82 Å².